The first-order valence-corrected chi connectivity index (χ1v) is 6.19. The second-order valence-corrected chi connectivity index (χ2v) is 5.51. The van der Waals surface area contributed by atoms with Gasteiger partial charge in [-0.1, -0.05) is 6.07 Å². The average molecular weight is 256 g/mol. The maximum atomic E-state index is 13.1. The van der Waals surface area contributed by atoms with Gasteiger partial charge in [0.05, 0.1) is 11.3 Å². The van der Waals surface area contributed by atoms with Crippen LogP contribution < -0.4 is 0 Å². The predicted molar refractivity (Wildman–Crippen MR) is 49.9 cm³/mol. The van der Waals surface area contributed by atoms with Crippen LogP contribution in [0.25, 0.3) is 0 Å². The Bertz CT molecular complexity index is 491. The van der Waals surface area contributed by atoms with Crippen LogP contribution in [0.2, 0.25) is 0 Å². The van der Waals surface area contributed by atoms with Crippen LogP contribution in [-0.4, -0.2) is 14.7 Å². The molecule has 0 aliphatic heterocycles. The zero-order valence-corrected chi connectivity index (χ0v) is 8.99. The van der Waals surface area contributed by atoms with Crippen molar-refractivity contribution < 1.29 is 26.0 Å². The lowest BCUT2D eigenvalue weighted by molar-refractivity contribution is -0.137. The Morgan fingerprint density at radius 1 is 1.25 bits per heavy atom. The first-order chi connectivity index (χ1) is 7.09. The number of benzene rings is 1. The highest BCUT2D eigenvalue weighted by Crippen LogP contribution is 2.30. The number of hydrogen-bond acceptors (Lipinski definition) is 2. The van der Waals surface area contributed by atoms with Crippen LogP contribution in [0.3, 0.4) is 0 Å². The van der Waals surface area contributed by atoms with Crippen molar-refractivity contribution in [2.45, 2.75) is 11.9 Å². The maximum Gasteiger partial charge on any atom is 0.416 e. The number of rotatable bonds is 2. The summed E-state index contributed by atoms with van der Waals surface area (Å²) < 4.78 is 71.3. The molecule has 0 aliphatic rings. The first kappa shape index (κ1) is 13.0. The van der Waals surface area contributed by atoms with E-state index in [0.717, 1.165) is 12.3 Å². The van der Waals surface area contributed by atoms with E-state index in [0.29, 0.717) is 12.1 Å². The Balaban J connectivity index is 3.11. The monoisotopic (exact) mass is 256 g/mol. The van der Waals surface area contributed by atoms with Crippen LogP contribution >= 0.6 is 0 Å². The third-order valence-electron chi connectivity index (χ3n) is 1.80. The van der Waals surface area contributed by atoms with E-state index in [9.17, 15) is 26.0 Å². The summed E-state index contributed by atoms with van der Waals surface area (Å²) in [6.45, 7) is 0. The van der Waals surface area contributed by atoms with E-state index in [-0.39, 0.29) is 5.56 Å². The first-order valence-electron chi connectivity index (χ1n) is 4.13. The van der Waals surface area contributed by atoms with Crippen LogP contribution in [-0.2, 0) is 21.8 Å². The summed E-state index contributed by atoms with van der Waals surface area (Å²) in [4.78, 5) is 0. The molecule has 0 atom stereocenters. The normalized spacial score (nSPS) is 12.8. The van der Waals surface area contributed by atoms with Gasteiger partial charge in [0.25, 0.3) is 0 Å². The Morgan fingerprint density at radius 2 is 1.81 bits per heavy atom. The summed E-state index contributed by atoms with van der Waals surface area (Å²) in [5.74, 6) is -1.78. The molecule has 0 amide bonds. The molecule has 0 unspecified atom stereocenters. The molecule has 0 aromatic heterocycles. The standard InChI is InChI=1S/C9H8F4O2S/c1-16(14,15)5-6-2-3-7(4-8(6)10)9(11,12)13/h2-4H,5H2,1H3. The third-order valence-corrected chi connectivity index (χ3v) is 2.63. The fourth-order valence-electron chi connectivity index (χ4n) is 1.12. The van der Waals surface area contributed by atoms with Crippen molar-refractivity contribution in [3.8, 4) is 0 Å². The highest BCUT2D eigenvalue weighted by molar-refractivity contribution is 7.89. The fraction of sp³-hybridized carbons (Fsp3) is 0.333. The third kappa shape index (κ3) is 3.48. The van der Waals surface area contributed by atoms with E-state index in [1.165, 1.54) is 0 Å². The molecule has 0 radical (unpaired) electrons. The van der Waals surface area contributed by atoms with Crippen molar-refractivity contribution in [3.05, 3.63) is 35.1 Å². The number of alkyl halides is 3. The predicted octanol–water partition coefficient (Wildman–Crippen LogP) is 2.39. The lowest BCUT2D eigenvalue weighted by atomic mass is 10.1. The Kier molecular flexibility index (Phi) is 3.27. The number of hydrogen-bond donors (Lipinski definition) is 0. The summed E-state index contributed by atoms with van der Waals surface area (Å²) in [5, 5.41) is 0. The van der Waals surface area contributed by atoms with Gasteiger partial charge < -0.3 is 0 Å². The van der Waals surface area contributed by atoms with Gasteiger partial charge in [0.15, 0.2) is 9.84 Å². The molecular formula is C9H8F4O2S. The van der Waals surface area contributed by atoms with Crippen molar-refractivity contribution in [3.63, 3.8) is 0 Å². The number of halogens is 4. The lowest BCUT2D eigenvalue weighted by Gasteiger charge is -2.08. The van der Waals surface area contributed by atoms with Crippen molar-refractivity contribution in [2.24, 2.45) is 0 Å². The van der Waals surface area contributed by atoms with Gasteiger partial charge in [-0.05, 0) is 12.1 Å². The Morgan fingerprint density at radius 3 is 2.19 bits per heavy atom. The quantitative estimate of drug-likeness (QED) is 0.761. The second kappa shape index (κ2) is 4.04. The van der Waals surface area contributed by atoms with Gasteiger partial charge >= 0.3 is 6.18 Å². The zero-order valence-electron chi connectivity index (χ0n) is 8.18. The molecule has 1 rings (SSSR count). The van der Waals surface area contributed by atoms with Crippen molar-refractivity contribution in [1.82, 2.24) is 0 Å². The summed E-state index contributed by atoms with van der Waals surface area (Å²) in [6, 6.07) is 1.78. The fourth-order valence-corrected chi connectivity index (χ4v) is 1.92. The van der Waals surface area contributed by atoms with E-state index in [2.05, 4.69) is 0 Å². The highest BCUT2D eigenvalue weighted by atomic mass is 32.2. The van der Waals surface area contributed by atoms with E-state index in [1.54, 1.807) is 0 Å². The summed E-state index contributed by atoms with van der Waals surface area (Å²) in [6.07, 6.45) is -3.76. The Hall–Kier alpha value is -1.11. The topological polar surface area (TPSA) is 34.1 Å². The molecule has 0 spiro atoms. The molecule has 1 aromatic carbocycles. The van der Waals surface area contributed by atoms with E-state index in [4.69, 9.17) is 0 Å². The molecule has 0 saturated carbocycles. The molecule has 1 aromatic rings. The van der Waals surface area contributed by atoms with Crippen LogP contribution in [0.4, 0.5) is 17.6 Å². The average Bonchev–Trinajstić information content (AvgIpc) is 2.04. The van der Waals surface area contributed by atoms with Gasteiger partial charge in [-0.3, -0.25) is 0 Å². The van der Waals surface area contributed by atoms with Crippen molar-refractivity contribution >= 4 is 9.84 Å². The maximum absolute atomic E-state index is 13.1. The van der Waals surface area contributed by atoms with Crippen LogP contribution in [0.1, 0.15) is 11.1 Å². The van der Waals surface area contributed by atoms with Crippen molar-refractivity contribution in [2.75, 3.05) is 6.26 Å². The SMILES string of the molecule is CS(=O)(=O)Cc1ccc(C(F)(F)F)cc1F. The molecule has 0 bridgehead atoms. The van der Waals surface area contributed by atoms with Crippen LogP contribution in [0.15, 0.2) is 18.2 Å². The van der Waals surface area contributed by atoms with Gasteiger partial charge in [-0.2, -0.15) is 13.2 Å². The van der Waals surface area contributed by atoms with Crippen LogP contribution in [0, 0.1) is 5.82 Å². The smallest absolute Gasteiger partial charge is 0.229 e. The molecule has 7 heteroatoms. The van der Waals surface area contributed by atoms with Gasteiger partial charge in [0.1, 0.15) is 5.82 Å². The summed E-state index contributed by atoms with van der Waals surface area (Å²) >= 11 is 0. The van der Waals surface area contributed by atoms with Crippen molar-refractivity contribution in [1.29, 1.82) is 0 Å². The molecule has 16 heavy (non-hydrogen) atoms. The van der Waals surface area contributed by atoms with Gasteiger partial charge in [-0.25, -0.2) is 12.8 Å². The molecular weight excluding hydrogens is 248 g/mol. The second-order valence-electron chi connectivity index (χ2n) is 3.37. The highest BCUT2D eigenvalue weighted by Gasteiger charge is 2.31. The summed E-state index contributed by atoms with van der Waals surface area (Å²) in [7, 11) is -3.47. The molecule has 0 aliphatic carbocycles. The molecule has 2 nitrogen and oxygen atoms in total. The van der Waals surface area contributed by atoms with Gasteiger partial charge in [0.2, 0.25) is 0 Å². The minimum atomic E-state index is -4.63. The molecule has 0 heterocycles. The zero-order chi connectivity index (χ0) is 12.6. The van der Waals surface area contributed by atoms with E-state index >= 15 is 0 Å². The molecule has 0 N–H and O–H groups in total. The molecule has 90 valence electrons. The van der Waals surface area contributed by atoms with Crippen LogP contribution in [0.5, 0.6) is 0 Å². The van der Waals surface area contributed by atoms with Gasteiger partial charge in [0, 0.05) is 11.8 Å². The largest absolute Gasteiger partial charge is 0.416 e. The molecule has 0 fully saturated rings. The van der Waals surface area contributed by atoms with Gasteiger partial charge in [-0.15, -0.1) is 0 Å². The minimum Gasteiger partial charge on any atom is -0.229 e. The summed E-state index contributed by atoms with van der Waals surface area (Å²) in [5.41, 5.74) is -1.40. The lowest BCUT2D eigenvalue weighted by Crippen LogP contribution is -2.08. The minimum absolute atomic E-state index is 0.268. The molecule has 0 saturated heterocycles. The van der Waals surface area contributed by atoms with E-state index < -0.39 is 33.1 Å². The number of sulfone groups is 1. The Labute approximate surface area is 89.8 Å². The van der Waals surface area contributed by atoms with E-state index in [1.807, 2.05) is 0 Å².